The number of ether oxygens (including phenoxy) is 1. The molecule has 0 saturated heterocycles. The SMILES string of the molecule is Nc1ccc(C(=O)OCc2ccc(Cl)cc2Cl)cc1[N+](=O)[O-]. The number of carbonyl (C=O) groups is 1. The summed E-state index contributed by atoms with van der Waals surface area (Å²) in [4.78, 5) is 22.1. The molecule has 6 nitrogen and oxygen atoms in total. The molecule has 0 atom stereocenters. The summed E-state index contributed by atoms with van der Waals surface area (Å²) in [6, 6.07) is 8.48. The van der Waals surface area contributed by atoms with Crippen LogP contribution in [0.2, 0.25) is 10.0 Å². The van der Waals surface area contributed by atoms with Crippen molar-refractivity contribution < 1.29 is 14.5 Å². The molecule has 0 heterocycles. The van der Waals surface area contributed by atoms with E-state index in [0.717, 1.165) is 6.07 Å². The fourth-order valence-electron chi connectivity index (χ4n) is 1.69. The zero-order chi connectivity index (χ0) is 16.3. The van der Waals surface area contributed by atoms with Crippen LogP contribution in [-0.2, 0) is 11.3 Å². The number of hydrogen-bond donors (Lipinski definition) is 1. The van der Waals surface area contributed by atoms with Gasteiger partial charge in [-0.2, -0.15) is 0 Å². The summed E-state index contributed by atoms with van der Waals surface area (Å²) in [6.07, 6.45) is 0. The van der Waals surface area contributed by atoms with Gasteiger partial charge in [0.2, 0.25) is 0 Å². The fraction of sp³-hybridized carbons (Fsp3) is 0.0714. The Kier molecular flexibility index (Phi) is 4.85. The lowest BCUT2D eigenvalue weighted by Gasteiger charge is -2.07. The van der Waals surface area contributed by atoms with E-state index in [4.69, 9.17) is 33.7 Å². The van der Waals surface area contributed by atoms with Gasteiger partial charge < -0.3 is 10.5 Å². The van der Waals surface area contributed by atoms with Crippen molar-refractivity contribution in [1.29, 1.82) is 0 Å². The second-order valence-corrected chi connectivity index (χ2v) is 5.19. The predicted octanol–water partition coefficient (Wildman–Crippen LogP) is 3.84. The highest BCUT2D eigenvalue weighted by Gasteiger charge is 2.17. The Balaban J connectivity index is 2.12. The normalized spacial score (nSPS) is 10.3. The molecule has 0 aromatic heterocycles. The maximum absolute atomic E-state index is 11.9. The maximum Gasteiger partial charge on any atom is 0.338 e. The van der Waals surface area contributed by atoms with Crippen LogP contribution < -0.4 is 5.73 Å². The van der Waals surface area contributed by atoms with Crippen molar-refractivity contribution in [3.05, 3.63) is 67.7 Å². The first-order chi connectivity index (χ1) is 10.4. The van der Waals surface area contributed by atoms with Gasteiger partial charge in [-0.15, -0.1) is 0 Å². The van der Waals surface area contributed by atoms with Crippen LogP contribution in [0.1, 0.15) is 15.9 Å². The van der Waals surface area contributed by atoms with E-state index < -0.39 is 10.9 Å². The Hall–Kier alpha value is -2.31. The number of nitro groups is 1. The molecule has 2 aromatic carbocycles. The van der Waals surface area contributed by atoms with Crippen molar-refractivity contribution in [1.82, 2.24) is 0 Å². The Morgan fingerprint density at radius 3 is 2.59 bits per heavy atom. The molecule has 8 heteroatoms. The number of esters is 1. The van der Waals surface area contributed by atoms with Gasteiger partial charge in [0, 0.05) is 21.7 Å². The van der Waals surface area contributed by atoms with E-state index in [0.29, 0.717) is 15.6 Å². The van der Waals surface area contributed by atoms with Gasteiger partial charge in [0.25, 0.3) is 5.69 Å². The van der Waals surface area contributed by atoms with Gasteiger partial charge in [-0.3, -0.25) is 10.1 Å². The summed E-state index contributed by atoms with van der Waals surface area (Å²) in [5, 5.41) is 11.6. The number of rotatable bonds is 4. The summed E-state index contributed by atoms with van der Waals surface area (Å²) in [6.45, 7) is -0.0764. The van der Waals surface area contributed by atoms with E-state index in [1.807, 2.05) is 0 Å². The molecule has 0 aliphatic rings. The Bertz CT molecular complexity index is 750. The third-order valence-corrected chi connectivity index (χ3v) is 3.42. The van der Waals surface area contributed by atoms with Gasteiger partial charge in [-0.05, 0) is 24.3 Å². The number of nitrogens with zero attached hydrogens (tertiary/aromatic N) is 1. The Labute approximate surface area is 135 Å². The third-order valence-electron chi connectivity index (χ3n) is 2.84. The van der Waals surface area contributed by atoms with Crippen LogP contribution in [0.4, 0.5) is 11.4 Å². The molecule has 2 rings (SSSR count). The second-order valence-electron chi connectivity index (χ2n) is 4.34. The standard InChI is InChI=1S/C14H10Cl2N2O4/c15-10-3-1-9(11(16)6-10)7-22-14(19)8-2-4-12(17)13(5-8)18(20)21/h1-6H,7,17H2. The maximum atomic E-state index is 11.9. The van der Waals surface area contributed by atoms with E-state index >= 15 is 0 Å². The molecule has 2 aromatic rings. The third kappa shape index (κ3) is 3.66. The lowest BCUT2D eigenvalue weighted by Crippen LogP contribution is -2.07. The van der Waals surface area contributed by atoms with Crippen LogP contribution >= 0.6 is 23.2 Å². The molecule has 0 unspecified atom stereocenters. The molecule has 0 radical (unpaired) electrons. The highest BCUT2D eigenvalue weighted by Crippen LogP contribution is 2.24. The molecule has 0 spiro atoms. The molecule has 2 N–H and O–H groups in total. The van der Waals surface area contributed by atoms with Crippen molar-refractivity contribution in [3.63, 3.8) is 0 Å². The van der Waals surface area contributed by atoms with Gasteiger partial charge in [0.1, 0.15) is 12.3 Å². The minimum atomic E-state index is -0.714. The summed E-state index contributed by atoms with van der Waals surface area (Å²) < 4.78 is 5.08. The van der Waals surface area contributed by atoms with Crippen molar-refractivity contribution in [2.75, 3.05) is 5.73 Å². The average Bonchev–Trinajstić information content (AvgIpc) is 2.46. The minimum Gasteiger partial charge on any atom is -0.457 e. The van der Waals surface area contributed by atoms with Crippen molar-refractivity contribution in [2.45, 2.75) is 6.61 Å². The van der Waals surface area contributed by atoms with E-state index in [-0.39, 0.29) is 23.5 Å². The lowest BCUT2D eigenvalue weighted by molar-refractivity contribution is -0.383. The van der Waals surface area contributed by atoms with Gasteiger partial charge >= 0.3 is 5.97 Å². The number of nitro benzene ring substituents is 1. The van der Waals surface area contributed by atoms with Crippen LogP contribution in [0, 0.1) is 10.1 Å². The van der Waals surface area contributed by atoms with E-state index in [9.17, 15) is 14.9 Å². The molecule has 0 fully saturated rings. The largest absolute Gasteiger partial charge is 0.457 e. The first-order valence-corrected chi connectivity index (χ1v) is 6.79. The zero-order valence-corrected chi connectivity index (χ0v) is 12.6. The van der Waals surface area contributed by atoms with E-state index in [2.05, 4.69) is 0 Å². The number of hydrogen-bond acceptors (Lipinski definition) is 5. The smallest absolute Gasteiger partial charge is 0.338 e. The molecule has 0 aliphatic carbocycles. The Morgan fingerprint density at radius 1 is 1.23 bits per heavy atom. The van der Waals surface area contributed by atoms with Gasteiger partial charge in [0.05, 0.1) is 10.5 Å². The zero-order valence-electron chi connectivity index (χ0n) is 11.1. The van der Waals surface area contributed by atoms with Gasteiger partial charge in [-0.25, -0.2) is 4.79 Å². The molecule has 114 valence electrons. The van der Waals surface area contributed by atoms with E-state index in [1.165, 1.54) is 18.2 Å². The van der Waals surface area contributed by atoms with Crippen molar-refractivity contribution >= 4 is 40.5 Å². The minimum absolute atomic E-state index is 0.0257. The topological polar surface area (TPSA) is 95.5 Å². The van der Waals surface area contributed by atoms with Crippen LogP contribution in [0.5, 0.6) is 0 Å². The predicted molar refractivity (Wildman–Crippen MR) is 83.1 cm³/mol. The van der Waals surface area contributed by atoms with Crippen LogP contribution in [-0.4, -0.2) is 10.9 Å². The lowest BCUT2D eigenvalue weighted by atomic mass is 10.2. The summed E-state index contributed by atoms with van der Waals surface area (Å²) in [7, 11) is 0. The molecule has 22 heavy (non-hydrogen) atoms. The van der Waals surface area contributed by atoms with Crippen molar-refractivity contribution in [2.24, 2.45) is 0 Å². The molecular formula is C14H10Cl2N2O4. The first kappa shape index (κ1) is 16.1. The first-order valence-electron chi connectivity index (χ1n) is 6.03. The quantitative estimate of drug-likeness (QED) is 0.394. The molecular weight excluding hydrogens is 331 g/mol. The van der Waals surface area contributed by atoms with Crippen LogP contribution in [0.15, 0.2) is 36.4 Å². The average molecular weight is 341 g/mol. The monoisotopic (exact) mass is 340 g/mol. The number of carbonyl (C=O) groups excluding carboxylic acids is 1. The highest BCUT2D eigenvalue weighted by atomic mass is 35.5. The second kappa shape index (κ2) is 6.64. The van der Waals surface area contributed by atoms with Gasteiger partial charge in [-0.1, -0.05) is 29.3 Å². The fourth-order valence-corrected chi connectivity index (χ4v) is 2.16. The Morgan fingerprint density at radius 2 is 1.95 bits per heavy atom. The molecule has 0 aliphatic heterocycles. The van der Waals surface area contributed by atoms with Gasteiger partial charge in [0.15, 0.2) is 0 Å². The summed E-state index contributed by atoms with van der Waals surface area (Å²) in [5.41, 5.74) is 5.70. The number of nitrogen functional groups attached to an aromatic ring is 1. The van der Waals surface area contributed by atoms with E-state index in [1.54, 1.807) is 12.1 Å². The van der Waals surface area contributed by atoms with Crippen LogP contribution in [0.25, 0.3) is 0 Å². The molecule has 0 bridgehead atoms. The van der Waals surface area contributed by atoms with Crippen LogP contribution in [0.3, 0.4) is 0 Å². The number of anilines is 1. The van der Waals surface area contributed by atoms with Crippen molar-refractivity contribution in [3.8, 4) is 0 Å². The number of halogens is 2. The summed E-state index contributed by atoms with van der Waals surface area (Å²) >= 11 is 11.7. The molecule has 0 saturated carbocycles. The summed E-state index contributed by atoms with van der Waals surface area (Å²) in [5.74, 6) is -0.714. The highest BCUT2D eigenvalue weighted by molar-refractivity contribution is 6.35. The number of benzene rings is 2. The number of nitrogens with two attached hydrogens (primary N) is 1. The molecule has 0 amide bonds.